The molecule has 1 aliphatic heterocycles. The molecule has 1 saturated heterocycles. The van der Waals surface area contributed by atoms with Crippen molar-refractivity contribution in [2.24, 2.45) is 0 Å². The molecule has 1 fully saturated rings. The Balaban J connectivity index is 1.18. The van der Waals surface area contributed by atoms with Crippen molar-refractivity contribution in [3.05, 3.63) is 118 Å². The van der Waals surface area contributed by atoms with Crippen LogP contribution in [-0.4, -0.2) is 63.7 Å². The highest BCUT2D eigenvalue weighted by atomic mass is 16.5. The van der Waals surface area contributed by atoms with Crippen LogP contribution in [-0.2, 0) is 4.74 Å². The van der Waals surface area contributed by atoms with Gasteiger partial charge in [-0.25, -0.2) is 9.97 Å². The molecule has 2 aromatic carbocycles. The number of carbonyl (C=O) groups excluding carboxylic acids is 2. The lowest BCUT2D eigenvalue weighted by atomic mass is 10.1. The van der Waals surface area contributed by atoms with Gasteiger partial charge in [0.15, 0.2) is 0 Å². The average Bonchev–Trinajstić information content (AvgIpc) is 3.47. The van der Waals surface area contributed by atoms with Crippen molar-refractivity contribution in [3.8, 4) is 11.8 Å². The molecule has 4 aromatic rings. The predicted octanol–water partition coefficient (Wildman–Crippen LogP) is 2.50. The van der Waals surface area contributed by atoms with Crippen molar-refractivity contribution in [1.82, 2.24) is 19.9 Å². The van der Waals surface area contributed by atoms with Crippen molar-refractivity contribution < 1.29 is 19.7 Å². The molecule has 204 valence electrons. The molecule has 0 spiro atoms. The number of hydrogen-bond acceptors (Lipinski definition) is 5. The van der Waals surface area contributed by atoms with Crippen molar-refractivity contribution in [3.63, 3.8) is 0 Å². The molecule has 1 aliphatic rings. The van der Waals surface area contributed by atoms with Gasteiger partial charge in [-0.2, -0.15) is 0 Å². The number of aromatic nitrogens is 3. The van der Waals surface area contributed by atoms with Crippen molar-refractivity contribution in [1.29, 1.82) is 0 Å². The number of rotatable bonds is 6. The fourth-order valence-corrected chi connectivity index (χ4v) is 4.20. The first-order valence-electron chi connectivity index (χ1n) is 13.1. The summed E-state index contributed by atoms with van der Waals surface area (Å²) in [5, 5.41) is 9.07. The van der Waals surface area contributed by atoms with E-state index in [4.69, 9.17) is 10.1 Å². The molecule has 2 aromatic heterocycles. The van der Waals surface area contributed by atoms with Gasteiger partial charge < -0.3 is 19.9 Å². The molecule has 0 aliphatic carbocycles. The quantitative estimate of drug-likeness (QED) is 0.254. The van der Waals surface area contributed by atoms with E-state index in [1.165, 1.54) is 0 Å². The van der Waals surface area contributed by atoms with Gasteiger partial charge in [0.25, 0.3) is 11.8 Å². The predicted molar refractivity (Wildman–Crippen MR) is 156 cm³/mol. The number of nitrogens with one attached hydrogen (secondary N) is 2. The van der Waals surface area contributed by atoms with Crippen LogP contribution in [0.4, 0.5) is 5.82 Å². The van der Waals surface area contributed by atoms with E-state index in [1.54, 1.807) is 59.8 Å². The van der Waals surface area contributed by atoms with Crippen LogP contribution < -0.4 is 10.7 Å². The van der Waals surface area contributed by atoms with E-state index in [-0.39, 0.29) is 11.8 Å². The van der Waals surface area contributed by atoms with Crippen LogP contribution in [0, 0.1) is 18.8 Å². The Morgan fingerprint density at radius 1 is 1.00 bits per heavy atom. The van der Waals surface area contributed by atoms with Gasteiger partial charge in [0.1, 0.15) is 17.3 Å². The van der Waals surface area contributed by atoms with Gasteiger partial charge in [-0.05, 0) is 67.5 Å². The van der Waals surface area contributed by atoms with Crippen LogP contribution in [0.5, 0.6) is 0 Å². The number of nitrogens with two attached hydrogens (primary N) is 1. The standard InChI is InChI=1S/C32H28N6O3/c1-22-3-2-4-26(19-22)31(39)37-30-20-23(13-14-34-30)5-10-27-21-35-29(36-27)12-11-28(33)24-6-8-25(9-7-24)32(40)38-15-17-41-18-16-38/h2-4,6-9,11-14,19-21,33H,15-18H2,1H3,(H,35,36)(H,34,37,39)/p+1/b12-11-,33-28?. The number of anilines is 1. The molecule has 3 heterocycles. The molecule has 0 unspecified atom stereocenters. The second kappa shape index (κ2) is 12.7. The number of ether oxygens (including phenoxy) is 1. The maximum atomic E-state index is 12.6. The van der Waals surface area contributed by atoms with Gasteiger partial charge in [-0.15, -0.1) is 0 Å². The zero-order valence-corrected chi connectivity index (χ0v) is 22.6. The first-order valence-corrected chi connectivity index (χ1v) is 13.1. The summed E-state index contributed by atoms with van der Waals surface area (Å²) in [6.07, 6.45) is 6.75. The molecular weight excluding hydrogens is 516 g/mol. The van der Waals surface area contributed by atoms with Crippen LogP contribution in [0.1, 0.15) is 48.9 Å². The van der Waals surface area contributed by atoms with Crippen LogP contribution in [0.2, 0.25) is 0 Å². The molecule has 0 radical (unpaired) electrons. The lowest BCUT2D eigenvalue weighted by Gasteiger charge is -2.26. The molecule has 9 heteroatoms. The highest BCUT2D eigenvalue weighted by Crippen LogP contribution is 2.12. The number of nitrogens with zero attached hydrogens (tertiary/aromatic N) is 3. The van der Waals surface area contributed by atoms with Gasteiger partial charge in [0.2, 0.25) is 5.71 Å². The number of imidazole rings is 1. The first kappa shape index (κ1) is 27.2. The summed E-state index contributed by atoms with van der Waals surface area (Å²) < 4.78 is 5.31. The number of hydrogen-bond donors (Lipinski definition) is 3. The summed E-state index contributed by atoms with van der Waals surface area (Å²) in [7, 11) is 0. The van der Waals surface area contributed by atoms with Gasteiger partial charge in [0, 0.05) is 47.6 Å². The zero-order valence-electron chi connectivity index (χ0n) is 22.6. The van der Waals surface area contributed by atoms with E-state index in [0.717, 1.165) is 11.1 Å². The monoisotopic (exact) mass is 545 g/mol. The smallest absolute Gasteiger partial charge is 0.256 e. The van der Waals surface area contributed by atoms with E-state index < -0.39 is 0 Å². The summed E-state index contributed by atoms with van der Waals surface area (Å²) in [6.45, 7) is 4.27. The zero-order chi connectivity index (χ0) is 28.6. The molecule has 0 saturated carbocycles. The topological polar surface area (TPSA) is 126 Å². The van der Waals surface area contributed by atoms with Crippen molar-refractivity contribution >= 4 is 29.4 Å². The number of H-pyrrole nitrogens is 1. The Labute approximate surface area is 237 Å². The lowest BCUT2D eigenvalue weighted by Crippen LogP contribution is -2.41. The minimum absolute atomic E-state index is 0.00631. The number of amides is 2. The van der Waals surface area contributed by atoms with Gasteiger partial charge in [-0.3, -0.25) is 15.0 Å². The van der Waals surface area contributed by atoms with Crippen molar-refractivity contribution in [2.75, 3.05) is 31.6 Å². The van der Waals surface area contributed by atoms with E-state index in [2.05, 4.69) is 32.1 Å². The molecule has 0 bridgehead atoms. The van der Waals surface area contributed by atoms with Gasteiger partial charge in [0.05, 0.1) is 19.4 Å². The number of carbonyl (C=O) groups is 2. The van der Waals surface area contributed by atoms with E-state index in [9.17, 15) is 9.59 Å². The van der Waals surface area contributed by atoms with Crippen LogP contribution in [0.25, 0.3) is 6.08 Å². The Bertz CT molecular complexity index is 1670. The largest absolute Gasteiger partial charge is 0.378 e. The third kappa shape index (κ3) is 7.20. The number of allylic oxidation sites excluding steroid dienone is 1. The van der Waals surface area contributed by atoms with Gasteiger partial charge in [-0.1, -0.05) is 23.6 Å². The number of aryl methyl sites for hydroxylation is 1. The Morgan fingerprint density at radius 2 is 1.78 bits per heavy atom. The van der Waals surface area contributed by atoms with Crippen LogP contribution >= 0.6 is 0 Å². The normalized spacial score (nSPS) is 13.0. The molecule has 9 nitrogen and oxygen atoms in total. The summed E-state index contributed by atoms with van der Waals surface area (Å²) in [5.74, 6) is 6.88. The fraction of sp³-hybridized carbons (Fsp3) is 0.156. The highest BCUT2D eigenvalue weighted by molar-refractivity contribution is 6.07. The minimum atomic E-state index is -0.232. The van der Waals surface area contributed by atoms with E-state index in [1.807, 2.05) is 37.3 Å². The summed E-state index contributed by atoms with van der Waals surface area (Å²) in [4.78, 5) is 38.6. The lowest BCUT2D eigenvalue weighted by molar-refractivity contribution is -0.110. The summed E-state index contributed by atoms with van der Waals surface area (Å²) >= 11 is 0. The number of morpholine rings is 1. The average molecular weight is 546 g/mol. The third-order valence-electron chi connectivity index (χ3n) is 6.40. The second-order valence-electron chi connectivity index (χ2n) is 9.46. The maximum Gasteiger partial charge on any atom is 0.256 e. The first-order chi connectivity index (χ1) is 19.9. The van der Waals surface area contributed by atoms with E-state index >= 15 is 0 Å². The molecule has 5 rings (SSSR count). The van der Waals surface area contributed by atoms with Gasteiger partial charge >= 0.3 is 0 Å². The molecule has 0 atom stereocenters. The highest BCUT2D eigenvalue weighted by Gasteiger charge is 2.18. The van der Waals surface area contributed by atoms with Crippen LogP contribution in [0.3, 0.4) is 0 Å². The number of aromatic amines is 1. The molecular formula is C32H29N6O3+. The Kier molecular flexibility index (Phi) is 8.43. The maximum absolute atomic E-state index is 12.6. The van der Waals surface area contributed by atoms with E-state index in [0.29, 0.717) is 66.0 Å². The molecule has 4 N–H and O–H groups in total. The molecule has 2 amide bonds. The SMILES string of the molecule is Cc1cccc(C(=O)Nc2cc(C#Cc3cnc(/C=C\C(=[NH2+])c4ccc(C(=O)N5CCOCC5)cc4)[nH]3)ccn2)c1. The van der Waals surface area contributed by atoms with Crippen molar-refractivity contribution in [2.45, 2.75) is 6.92 Å². The Morgan fingerprint density at radius 3 is 2.56 bits per heavy atom. The second-order valence-corrected chi connectivity index (χ2v) is 9.46. The number of pyridine rings is 1. The number of benzene rings is 2. The fourth-order valence-electron chi connectivity index (χ4n) is 4.20. The minimum Gasteiger partial charge on any atom is -0.378 e. The Hall–Kier alpha value is -5.33. The summed E-state index contributed by atoms with van der Waals surface area (Å²) in [5.41, 5.74) is 4.85. The summed E-state index contributed by atoms with van der Waals surface area (Å²) in [6, 6.07) is 18.1. The van der Waals surface area contributed by atoms with Crippen LogP contribution in [0.15, 0.2) is 79.1 Å². The third-order valence-corrected chi connectivity index (χ3v) is 6.40. The molecule has 41 heavy (non-hydrogen) atoms.